The number of nitrogens with zero attached hydrogens (tertiary/aromatic N) is 2. The van der Waals surface area contributed by atoms with Gasteiger partial charge in [0.05, 0.1) is 14.2 Å². The molecule has 0 saturated carbocycles. The van der Waals surface area contributed by atoms with Crippen molar-refractivity contribution in [3.8, 4) is 11.5 Å². The standard InChI is InChI=1S/C21H22N4O5S/c1-28-16-8-6-15(7-9-16)23-20(27)21-25-24-19(31-21)13-30-12-18(26)22-11-14-4-3-5-17(10-14)29-2/h3-10H,11-13H2,1-2H3,(H,22,26)(H,23,27). The Kier molecular flexibility index (Phi) is 7.91. The maximum atomic E-state index is 12.3. The van der Waals surface area contributed by atoms with Crippen molar-refractivity contribution in [2.24, 2.45) is 0 Å². The van der Waals surface area contributed by atoms with Crippen molar-refractivity contribution in [1.82, 2.24) is 15.5 Å². The molecule has 3 aromatic rings. The summed E-state index contributed by atoms with van der Waals surface area (Å²) in [7, 11) is 3.16. The summed E-state index contributed by atoms with van der Waals surface area (Å²) in [4.78, 5) is 24.2. The van der Waals surface area contributed by atoms with Gasteiger partial charge in [-0.05, 0) is 42.0 Å². The van der Waals surface area contributed by atoms with Crippen molar-refractivity contribution < 1.29 is 23.8 Å². The third kappa shape index (κ3) is 6.76. The molecule has 0 bridgehead atoms. The summed E-state index contributed by atoms with van der Waals surface area (Å²) in [5.41, 5.74) is 1.54. The molecule has 0 spiro atoms. The van der Waals surface area contributed by atoms with Crippen molar-refractivity contribution in [2.45, 2.75) is 13.2 Å². The Morgan fingerprint density at radius 2 is 1.77 bits per heavy atom. The van der Waals surface area contributed by atoms with Crippen LogP contribution in [0.5, 0.6) is 11.5 Å². The summed E-state index contributed by atoms with van der Waals surface area (Å²) in [6.45, 7) is 0.324. The first-order valence-corrected chi connectivity index (χ1v) is 10.1. The van der Waals surface area contributed by atoms with Gasteiger partial charge in [-0.15, -0.1) is 10.2 Å². The zero-order valence-electron chi connectivity index (χ0n) is 17.1. The van der Waals surface area contributed by atoms with Crippen LogP contribution in [-0.4, -0.2) is 42.8 Å². The fraction of sp³-hybridized carbons (Fsp3) is 0.238. The van der Waals surface area contributed by atoms with E-state index in [9.17, 15) is 9.59 Å². The molecule has 1 aromatic heterocycles. The number of ether oxygens (including phenoxy) is 3. The average Bonchev–Trinajstić information content (AvgIpc) is 3.27. The number of hydrogen-bond acceptors (Lipinski definition) is 8. The van der Waals surface area contributed by atoms with E-state index in [4.69, 9.17) is 14.2 Å². The average molecular weight is 442 g/mol. The van der Waals surface area contributed by atoms with E-state index >= 15 is 0 Å². The van der Waals surface area contributed by atoms with Gasteiger partial charge in [0, 0.05) is 12.2 Å². The highest BCUT2D eigenvalue weighted by Crippen LogP contribution is 2.17. The highest BCUT2D eigenvalue weighted by Gasteiger charge is 2.14. The second-order valence-corrected chi connectivity index (χ2v) is 7.37. The van der Waals surface area contributed by atoms with Crippen molar-refractivity contribution in [3.05, 3.63) is 64.1 Å². The Morgan fingerprint density at radius 3 is 2.52 bits per heavy atom. The molecule has 2 N–H and O–H groups in total. The molecule has 31 heavy (non-hydrogen) atoms. The SMILES string of the molecule is COc1ccc(NC(=O)c2nnc(COCC(=O)NCc3cccc(OC)c3)s2)cc1. The Morgan fingerprint density at radius 1 is 1.00 bits per heavy atom. The minimum atomic E-state index is -0.370. The molecule has 2 amide bonds. The smallest absolute Gasteiger partial charge is 0.286 e. The van der Waals surface area contributed by atoms with E-state index in [0.29, 0.717) is 23.0 Å². The van der Waals surface area contributed by atoms with Gasteiger partial charge in [0.1, 0.15) is 29.7 Å². The Balaban J connectivity index is 1.40. The Labute approximate surface area is 183 Å². The summed E-state index contributed by atoms with van der Waals surface area (Å²) in [6, 6.07) is 14.4. The van der Waals surface area contributed by atoms with E-state index in [1.54, 1.807) is 38.5 Å². The predicted molar refractivity (Wildman–Crippen MR) is 115 cm³/mol. The first-order valence-electron chi connectivity index (χ1n) is 9.32. The maximum Gasteiger partial charge on any atom is 0.286 e. The van der Waals surface area contributed by atoms with Gasteiger partial charge in [0.25, 0.3) is 5.91 Å². The maximum absolute atomic E-state index is 12.3. The monoisotopic (exact) mass is 442 g/mol. The van der Waals surface area contributed by atoms with Crippen LogP contribution in [0.15, 0.2) is 48.5 Å². The highest BCUT2D eigenvalue weighted by atomic mass is 32.1. The predicted octanol–water partition coefficient (Wildman–Crippen LogP) is 2.64. The minimum absolute atomic E-state index is 0.0834. The first kappa shape index (κ1) is 22.2. The molecule has 3 rings (SSSR count). The van der Waals surface area contributed by atoms with E-state index in [0.717, 1.165) is 22.6 Å². The third-order valence-electron chi connectivity index (χ3n) is 4.09. The summed E-state index contributed by atoms with van der Waals surface area (Å²) < 4.78 is 15.6. The van der Waals surface area contributed by atoms with Crippen LogP contribution in [0.4, 0.5) is 5.69 Å². The highest BCUT2D eigenvalue weighted by molar-refractivity contribution is 7.13. The van der Waals surface area contributed by atoms with Crippen LogP contribution in [-0.2, 0) is 22.7 Å². The van der Waals surface area contributed by atoms with E-state index in [-0.39, 0.29) is 30.0 Å². The van der Waals surface area contributed by atoms with Crippen molar-refractivity contribution in [1.29, 1.82) is 0 Å². The number of benzene rings is 2. The van der Waals surface area contributed by atoms with Crippen LogP contribution in [0.25, 0.3) is 0 Å². The van der Waals surface area contributed by atoms with Crippen molar-refractivity contribution in [2.75, 3.05) is 26.1 Å². The van der Waals surface area contributed by atoms with Gasteiger partial charge >= 0.3 is 0 Å². The van der Waals surface area contributed by atoms with Crippen LogP contribution in [0.3, 0.4) is 0 Å². The molecular weight excluding hydrogens is 420 g/mol. The molecule has 10 heteroatoms. The topological polar surface area (TPSA) is 112 Å². The van der Waals surface area contributed by atoms with Gasteiger partial charge in [-0.1, -0.05) is 23.5 Å². The minimum Gasteiger partial charge on any atom is -0.497 e. The Hall–Kier alpha value is -3.50. The molecule has 0 aliphatic rings. The number of hydrogen-bond donors (Lipinski definition) is 2. The molecule has 0 fully saturated rings. The third-order valence-corrected chi connectivity index (χ3v) is 4.99. The number of methoxy groups -OCH3 is 2. The van der Waals surface area contributed by atoms with Gasteiger partial charge in [-0.3, -0.25) is 9.59 Å². The van der Waals surface area contributed by atoms with Crippen molar-refractivity contribution >= 4 is 28.8 Å². The number of rotatable bonds is 10. The number of anilines is 1. The number of carbonyl (C=O) groups is 2. The first-order chi connectivity index (χ1) is 15.1. The number of amides is 2. The summed E-state index contributed by atoms with van der Waals surface area (Å²) >= 11 is 1.10. The van der Waals surface area contributed by atoms with Gasteiger partial charge in [0.2, 0.25) is 10.9 Å². The second-order valence-electron chi connectivity index (χ2n) is 6.30. The summed E-state index contributed by atoms with van der Waals surface area (Å²) in [6.07, 6.45) is 0. The van der Waals surface area contributed by atoms with E-state index in [2.05, 4.69) is 20.8 Å². The molecular formula is C21H22N4O5S. The normalized spacial score (nSPS) is 10.4. The molecule has 2 aromatic carbocycles. The fourth-order valence-electron chi connectivity index (χ4n) is 2.53. The number of carbonyl (C=O) groups excluding carboxylic acids is 2. The van der Waals surface area contributed by atoms with Gasteiger partial charge in [-0.2, -0.15) is 0 Å². The lowest BCUT2D eigenvalue weighted by Gasteiger charge is -2.07. The van der Waals surface area contributed by atoms with E-state index in [1.807, 2.05) is 24.3 Å². The summed E-state index contributed by atoms with van der Waals surface area (Å²) in [5.74, 6) is 0.793. The summed E-state index contributed by atoms with van der Waals surface area (Å²) in [5, 5.41) is 14.0. The molecule has 0 aliphatic heterocycles. The molecule has 0 aliphatic carbocycles. The molecule has 9 nitrogen and oxygen atoms in total. The molecule has 0 radical (unpaired) electrons. The number of aromatic nitrogens is 2. The number of nitrogens with one attached hydrogen (secondary N) is 2. The lowest BCUT2D eigenvalue weighted by Crippen LogP contribution is -2.27. The van der Waals surface area contributed by atoms with Crippen LogP contribution in [0.1, 0.15) is 20.4 Å². The molecule has 0 unspecified atom stereocenters. The molecule has 0 saturated heterocycles. The largest absolute Gasteiger partial charge is 0.497 e. The Bertz CT molecular complexity index is 1020. The van der Waals surface area contributed by atoms with Gasteiger partial charge in [0.15, 0.2) is 0 Å². The van der Waals surface area contributed by atoms with E-state index < -0.39 is 0 Å². The van der Waals surface area contributed by atoms with Crippen LogP contribution < -0.4 is 20.1 Å². The molecule has 1 heterocycles. The van der Waals surface area contributed by atoms with Crippen LogP contribution in [0.2, 0.25) is 0 Å². The van der Waals surface area contributed by atoms with Crippen LogP contribution in [0, 0.1) is 0 Å². The lowest BCUT2D eigenvalue weighted by atomic mass is 10.2. The van der Waals surface area contributed by atoms with Crippen molar-refractivity contribution in [3.63, 3.8) is 0 Å². The molecule has 0 atom stereocenters. The quantitative estimate of drug-likeness (QED) is 0.496. The zero-order valence-corrected chi connectivity index (χ0v) is 17.9. The van der Waals surface area contributed by atoms with Crippen LogP contribution >= 0.6 is 11.3 Å². The van der Waals surface area contributed by atoms with Gasteiger partial charge < -0.3 is 24.8 Å². The lowest BCUT2D eigenvalue weighted by molar-refractivity contribution is -0.126. The zero-order chi connectivity index (χ0) is 22.1. The van der Waals surface area contributed by atoms with Gasteiger partial charge in [-0.25, -0.2) is 0 Å². The molecule has 162 valence electrons. The van der Waals surface area contributed by atoms with E-state index in [1.165, 1.54) is 0 Å². The fourth-order valence-corrected chi connectivity index (χ4v) is 3.20. The second kappa shape index (κ2) is 11.0.